The van der Waals surface area contributed by atoms with Crippen LogP contribution < -0.4 is 5.32 Å². The van der Waals surface area contributed by atoms with E-state index in [1.807, 2.05) is 23.7 Å². The molecule has 142 valence electrons. The number of halogens is 2. The number of nitrogens with one attached hydrogen (secondary N) is 1. The summed E-state index contributed by atoms with van der Waals surface area (Å²) in [6.45, 7) is 0. The summed E-state index contributed by atoms with van der Waals surface area (Å²) in [5, 5.41) is 16.1. The van der Waals surface area contributed by atoms with Crippen molar-refractivity contribution in [2.75, 3.05) is 11.1 Å². The van der Waals surface area contributed by atoms with E-state index in [0.29, 0.717) is 20.9 Å². The highest BCUT2D eigenvalue weighted by Gasteiger charge is 2.16. The van der Waals surface area contributed by atoms with Gasteiger partial charge in [0.2, 0.25) is 5.91 Å². The molecule has 2 aromatic carbocycles. The number of carbonyl (C=O) groups excluding carboxylic acids is 1. The van der Waals surface area contributed by atoms with Crippen LogP contribution in [0.25, 0.3) is 21.5 Å². The second-order valence-corrected chi connectivity index (χ2v) is 8.64. The van der Waals surface area contributed by atoms with E-state index in [2.05, 4.69) is 33.0 Å². The number of carbonyl (C=O) groups is 1. The third kappa shape index (κ3) is 3.89. The Morgan fingerprint density at radius 1 is 1.18 bits per heavy atom. The summed E-state index contributed by atoms with van der Waals surface area (Å²) in [5.41, 5.74) is 1.64. The van der Waals surface area contributed by atoms with Crippen LogP contribution in [0.1, 0.15) is 0 Å². The van der Waals surface area contributed by atoms with Crippen LogP contribution in [0.3, 0.4) is 0 Å². The minimum absolute atomic E-state index is 0.158. The quantitative estimate of drug-likeness (QED) is 0.395. The molecule has 0 saturated heterocycles. The SMILES string of the molecule is Cn1c(SCC(=O)Nc2ccc(Cl)c(Cl)c2)nnc1-c1csc2ccccc12. The van der Waals surface area contributed by atoms with Crippen molar-refractivity contribution in [2.45, 2.75) is 5.16 Å². The Kier molecular flexibility index (Phi) is 5.59. The first-order valence-corrected chi connectivity index (χ1v) is 10.9. The van der Waals surface area contributed by atoms with Gasteiger partial charge in [0.1, 0.15) is 0 Å². The van der Waals surface area contributed by atoms with Gasteiger partial charge in [0, 0.05) is 33.8 Å². The van der Waals surface area contributed by atoms with Gasteiger partial charge in [-0.1, -0.05) is 53.2 Å². The monoisotopic (exact) mass is 448 g/mol. The lowest BCUT2D eigenvalue weighted by Crippen LogP contribution is -2.14. The lowest BCUT2D eigenvalue weighted by molar-refractivity contribution is -0.113. The maximum atomic E-state index is 12.2. The van der Waals surface area contributed by atoms with Crippen molar-refractivity contribution in [1.29, 1.82) is 0 Å². The molecule has 9 heteroatoms. The Hall–Kier alpha value is -2.06. The number of fused-ring (bicyclic) bond motifs is 1. The molecule has 0 unspecified atom stereocenters. The molecule has 0 atom stereocenters. The number of thioether (sulfide) groups is 1. The topological polar surface area (TPSA) is 59.8 Å². The first-order valence-electron chi connectivity index (χ1n) is 8.26. The van der Waals surface area contributed by atoms with Crippen LogP contribution in [0.2, 0.25) is 10.0 Å². The first-order chi connectivity index (χ1) is 13.5. The van der Waals surface area contributed by atoms with Crippen LogP contribution >= 0.6 is 46.3 Å². The molecular formula is C19H14Cl2N4OS2. The van der Waals surface area contributed by atoms with E-state index in [4.69, 9.17) is 23.2 Å². The summed E-state index contributed by atoms with van der Waals surface area (Å²) < 4.78 is 3.11. The minimum Gasteiger partial charge on any atom is -0.325 e. The number of aromatic nitrogens is 3. The van der Waals surface area contributed by atoms with E-state index in [1.54, 1.807) is 29.5 Å². The lowest BCUT2D eigenvalue weighted by atomic mass is 10.2. The van der Waals surface area contributed by atoms with E-state index in [-0.39, 0.29) is 11.7 Å². The Balaban J connectivity index is 1.46. The van der Waals surface area contributed by atoms with Crippen molar-refractivity contribution in [2.24, 2.45) is 7.05 Å². The number of hydrogen-bond acceptors (Lipinski definition) is 5. The Labute approximate surface area is 179 Å². The van der Waals surface area contributed by atoms with E-state index in [9.17, 15) is 4.79 Å². The van der Waals surface area contributed by atoms with Crippen molar-refractivity contribution < 1.29 is 4.79 Å². The molecule has 1 N–H and O–H groups in total. The highest BCUT2D eigenvalue weighted by molar-refractivity contribution is 7.99. The third-order valence-corrected chi connectivity index (χ3v) is 6.82. The average molecular weight is 449 g/mol. The normalized spacial score (nSPS) is 11.1. The summed E-state index contributed by atoms with van der Waals surface area (Å²) in [6, 6.07) is 13.2. The van der Waals surface area contributed by atoms with E-state index in [0.717, 1.165) is 16.8 Å². The van der Waals surface area contributed by atoms with Gasteiger partial charge in [-0.25, -0.2) is 0 Å². The highest BCUT2D eigenvalue weighted by Crippen LogP contribution is 2.33. The predicted molar refractivity (Wildman–Crippen MR) is 118 cm³/mol. The zero-order valence-electron chi connectivity index (χ0n) is 14.6. The van der Waals surface area contributed by atoms with Gasteiger partial charge in [0.05, 0.1) is 15.8 Å². The Bertz CT molecular complexity index is 1170. The average Bonchev–Trinajstić information content (AvgIpc) is 3.26. The minimum atomic E-state index is -0.158. The fourth-order valence-corrected chi connectivity index (χ4v) is 4.68. The van der Waals surface area contributed by atoms with Crippen molar-refractivity contribution >= 4 is 68.0 Å². The van der Waals surface area contributed by atoms with Gasteiger partial charge in [0.15, 0.2) is 11.0 Å². The zero-order valence-corrected chi connectivity index (χ0v) is 17.8. The van der Waals surface area contributed by atoms with Crippen molar-refractivity contribution in [3.05, 3.63) is 57.9 Å². The zero-order chi connectivity index (χ0) is 19.7. The van der Waals surface area contributed by atoms with E-state index >= 15 is 0 Å². The summed E-state index contributed by atoms with van der Waals surface area (Å²) in [6.07, 6.45) is 0. The third-order valence-electron chi connectivity index (χ3n) is 4.09. The molecule has 0 bridgehead atoms. The molecule has 4 aromatic rings. The highest BCUT2D eigenvalue weighted by atomic mass is 35.5. The first kappa shape index (κ1) is 19.3. The number of amides is 1. The molecule has 0 aliphatic carbocycles. The Morgan fingerprint density at radius 2 is 2.00 bits per heavy atom. The number of rotatable bonds is 5. The number of benzene rings is 2. The molecule has 1 amide bonds. The summed E-state index contributed by atoms with van der Waals surface area (Å²) in [5.74, 6) is 0.829. The molecule has 28 heavy (non-hydrogen) atoms. The van der Waals surface area contributed by atoms with Gasteiger partial charge in [-0.05, 0) is 24.3 Å². The lowest BCUT2D eigenvalue weighted by Gasteiger charge is -2.06. The summed E-state index contributed by atoms with van der Waals surface area (Å²) in [7, 11) is 1.90. The largest absolute Gasteiger partial charge is 0.325 e. The molecule has 0 radical (unpaired) electrons. The predicted octanol–water partition coefficient (Wildman–Crippen LogP) is 5.73. The van der Waals surface area contributed by atoms with Crippen molar-refractivity contribution in [3.8, 4) is 11.4 Å². The van der Waals surface area contributed by atoms with Crippen molar-refractivity contribution in [3.63, 3.8) is 0 Å². The molecule has 0 spiro atoms. The smallest absolute Gasteiger partial charge is 0.234 e. The second-order valence-electron chi connectivity index (χ2n) is 5.98. The fraction of sp³-hybridized carbons (Fsp3) is 0.105. The summed E-state index contributed by atoms with van der Waals surface area (Å²) >= 11 is 14.9. The molecule has 0 aliphatic heterocycles. The number of hydrogen-bond donors (Lipinski definition) is 1. The van der Waals surface area contributed by atoms with E-state index < -0.39 is 0 Å². The maximum absolute atomic E-state index is 12.2. The van der Waals surface area contributed by atoms with Crippen LogP contribution in [0.5, 0.6) is 0 Å². The molecule has 2 aromatic heterocycles. The molecule has 4 rings (SSSR count). The van der Waals surface area contributed by atoms with Gasteiger partial charge < -0.3 is 9.88 Å². The van der Waals surface area contributed by atoms with Gasteiger partial charge in [-0.2, -0.15) is 0 Å². The second kappa shape index (κ2) is 8.13. The van der Waals surface area contributed by atoms with Crippen LogP contribution in [0, 0.1) is 0 Å². The maximum Gasteiger partial charge on any atom is 0.234 e. The fourth-order valence-electron chi connectivity index (χ4n) is 2.73. The van der Waals surface area contributed by atoms with Gasteiger partial charge in [0.25, 0.3) is 0 Å². The molecule has 2 heterocycles. The van der Waals surface area contributed by atoms with Crippen LogP contribution in [0.4, 0.5) is 5.69 Å². The van der Waals surface area contributed by atoms with E-state index in [1.165, 1.54) is 16.5 Å². The van der Waals surface area contributed by atoms with Crippen LogP contribution in [-0.4, -0.2) is 26.4 Å². The van der Waals surface area contributed by atoms with Crippen molar-refractivity contribution in [1.82, 2.24) is 14.8 Å². The molecular weight excluding hydrogens is 435 g/mol. The number of nitrogens with zero attached hydrogens (tertiary/aromatic N) is 3. The van der Waals surface area contributed by atoms with Gasteiger partial charge in [-0.3, -0.25) is 4.79 Å². The standard InChI is InChI=1S/C19H14Cl2N4OS2/c1-25-18(13-9-27-16-5-3-2-4-12(13)16)23-24-19(25)28-10-17(26)22-11-6-7-14(20)15(21)8-11/h2-9H,10H2,1H3,(H,22,26). The van der Waals surface area contributed by atoms with Gasteiger partial charge >= 0.3 is 0 Å². The van der Waals surface area contributed by atoms with Crippen LogP contribution in [0.15, 0.2) is 53.0 Å². The van der Waals surface area contributed by atoms with Gasteiger partial charge in [-0.15, -0.1) is 21.5 Å². The molecule has 0 aliphatic rings. The van der Waals surface area contributed by atoms with Crippen LogP contribution in [-0.2, 0) is 11.8 Å². The number of anilines is 1. The summed E-state index contributed by atoms with van der Waals surface area (Å²) in [4.78, 5) is 12.2. The Morgan fingerprint density at radius 3 is 2.82 bits per heavy atom. The number of thiophene rings is 1. The molecule has 0 saturated carbocycles. The molecule has 0 fully saturated rings. The molecule has 5 nitrogen and oxygen atoms in total.